The Hall–Kier alpha value is -1.81. The highest BCUT2D eigenvalue weighted by atomic mass is 32.1. The molecule has 0 aliphatic carbocycles. The van der Waals surface area contributed by atoms with Gasteiger partial charge in [-0.25, -0.2) is 4.98 Å². The molecule has 0 saturated heterocycles. The molecule has 0 aliphatic heterocycles. The average molecular weight is 257 g/mol. The van der Waals surface area contributed by atoms with Crippen molar-refractivity contribution in [1.82, 2.24) is 9.97 Å². The summed E-state index contributed by atoms with van der Waals surface area (Å²) in [6, 6.07) is 4.27. The molecule has 2 aromatic heterocycles. The first-order valence-electron chi connectivity index (χ1n) is 5.87. The zero-order chi connectivity index (χ0) is 12.9. The number of nitrogens with zero attached hydrogens (tertiary/aromatic N) is 1. The summed E-state index contributed by atoms with van der Waals surface area (Å²) in [6.45, 7) is 6.20. The van der Waals surface area contributed by atoms with Crippen LogP contribution in [0.4, 0.5) is 5.69 Å². The second-order valence-electron chi connectivity index (χ2n) is 4.72. The maximum atomic E-state index is 6.07. The lowest BCUT2D eigenvalue weighted by molar-refractivity contribution is 1.35. The van der Waals surface area contributed by atoms with Crippen LogP contribution in [0.3, 0.4) is 0 Å². The molecule has 0 unspecified atom stereocenters. The first kappa shape index (κ1) is 11.3. The van der Waals surface area contributed by atoms with Gasteiger partial charge in [0, 0.05) is 0 Å². The molecule has 1 aromatic carbocycles. The molecule has 0 radical (unpaired) electrons. The van der Waals surface area contributed by atoms with E-state index in [0.29, 0.717) is 0 Å². The number of nitrogen functional groups attached to an aromatic ring is 1. The Morgan fingerprint density at radius 1 is 1.17 bits per heavy atom. The largest absolute Gasteiger partial charge is 0.397 e. The number of hydrogen-bond donors (Lipinski definition) is 2. The SMILES string of the molecule is Cc1cc(C)c2nc(-c3scc(C)c3N)[nH]c2c1. The van der Waals surface area contributed by atoms with Gasteiger partial charge in [0.2, 0.25) is 0 Å². The number of benzene rings is 1. The summed E-state index contributed by atoms with van der Waals surface area (Å²) in [7, 11) is 0. The molecule has 0 atom stereocenters. The van der Waals surface area contributed by atoms with Gasteiger partial charge < -0.3 is 10.7 Å². The van der Waals surface area contributed by atoms with Crippen LogP contribution in [0.5, 0.6) is 0 Å². The van der Waals surface area contributed by atoms with Crippen LogP contribution >= 0.6 is 11.3 Å². The molecule has 2 heterocycles. The first-order chi connectivity index (χ1) is 8.56. The third-order valence-corrected chi connectivity index (χ3v) is 4.28. The van der Waals surface area contributed by atoms with Crippen molar-refractivity contribution in [2.45, 2.75) is 20.8 Å². The van der Waals surface area contributed by atoms with Crippen LogP contribution in [0.15, 0.2) is 17.5 Å². The van der Waals surface area contributed by atoms with E-state index in [1.165, 1.54) is 11.1 Å². The molecule has 0 aliphatic rings. The number of nitrogens with two attached hydrogens (primary N) is 1. The smallest absolute Gasteiger partial charge is 0.150 e. The van der Waals surface area contributed by atoms with Gasteiger partial charge in [-0.05, 0) is 48.9 Å². The van der Waals surface area contributed by atoms with Gasteiger partial charge in [0.15, 0.2) is 5.82 Å². The average Bonchev–Trinajstić information content (AvgIpc) is 2.84. The van der Waals surface area contributed by atoms with Crippen molar-refractivity contribution in [3.8, 4) is 10.7 Å². The molecule has 0 bridgehead atoms. The summed E-state index contributed by atoms with van der Waals surface area (Å²) in [5.41, 5.74) is 12.6. The highest BCUT2D eigenvalue weighted by molar-refractivity contribution is 7.14. The predicted molar refractivity (Wildman–Crippen MR) is 78.0 cm³/mol. The van der Waals surface area contributed by atoms with Crippen molar-refractivity contribution in [3.63, 3.8) is 0 Å². The Morgan fingerprint density at radius 2 is 1.94 bits per heavy atom. The Kier molecular flexibility index (Phi) is 2.41. The molecular weight excluding hydrogens is 242 g/mol. The summed E-state index contributed by atoms with van der Waals surface area (Å²) >= 11 is 1.64. The quantitative estimate of drug-likeness (QED) is 0.696. The molecule has 0 amide bonds. The third kappa shape index (κ3) is 1.61. The summed E-state index contributed by atoms with van der Waals surface area (Å²) in [6.07, 6.45) is 0. The van der Waals surface area contributed by atoms with Gasteiger partial charge in [0.05, 0.1) is 21.6 Å². The van der Waals surface area contributed by atoms with Crippen LogP contribution in [0.1, 0.15) is 16.7 Å². The van der Waals surface area contributed by atoms with Crippen LogP contribution < -0.4 is 5.73 Å². The molecule has 92 valence electrons. The van der Waals surface area contributed by atoms with Crippen LogP contribution in [0, 0.1) is 20.8 Å². The number of H-pyrrole nitrogens is 1. The molecule has 0 saturated carbocycles. The van der Waals surface area contributed by atoms with Crippen molar-refractivity contribution < 1.29 is 0 Å². The number of nitrogens with one attached hydrogen (secondary N) is 1. The van der Waals surface area contributed by atoms with Gasteiger partial charge in [-0.3, -0.25) is 0 Å². The van der Waals surface area contributed by atoms with Crippen LogP contribution in [-0.4, -0.2) is 9.97 Å². The number of aromatic amines is 1. The molecular formula is C14H15N3S. The van der Waals surface area contributed by atoms with Crippen molar-refractivity contribution in [2.75, 3.05) is 5.73 Å². The van der Waals surface area contributed by atoms with E-state index in [1.807, 2.05) is 6.92 Å². The van der Waals surface area contributed by atoms with Crippen molar-refractivity contribution in [3.05, 3.63) is 34.2 Å². The fraction of sp³-hybridized carbons (Fsp3) is 0.214. The minimum atomic E-state index is 0.827. The van der Waals surface area contributed by atoms with Gasteiger partial charge in [-0.15, -0.1) is 11.3 Å². The number of aromatic nitrogens is 2. The van der Waals surface area contributed by atoms with Crippen LogP contribution in [-0.2, 0) is 0 Å². The van der Waals surface area contributed by atoms with Gasteiger partial charge in [-0.1, -0.05) is 6.07 Å². The maximum Gasteiger partial charge on any atom is 0.150 e. The lowest BCUT2D eigenvalue weighted by Crippen LogP contribution is -1.88. The molecule has 0 fully saturated rings. The number of anilines is 1. The number of hydrogen-bond acceptors (Lipinski definition) is 3. The standard InChI is InChI=1S/C14H15N3S/c1-7-4-8(2)12-10(5-7)16-14(17-12)13-11(15)9(3)6-18-13/h4-6H,15H2,1-3H3,(H,16,17). The van der Waals surface area contributed by atoms with E-state index in [1.54, 1.807) is 11.3 Å². The van der Waals surface area contributed by atoms with Crippen LogP contribution in [0.25, 0.3) is 21.7 Å². The summed E-state index contributed by atoms with van der Waals surface area (Å²) < 4.78 is 0. The van der Waals surface area contributed by atoms with E-state index in [9.17, 15) is 0 Å². The number of aryl methyl sites for hydroxylation is 3. The zero-order valence-electron chi connectivity index (χ0n) is 10.7. The zero-order valence-corrected chi connectivity index (χ0v) is 11.5. The highest BCUT2D eigenvalue weighted by Gasteiger charge is 2.13. The Morgan fingerprint density at radius 3 is 2.61 bits per heavy atom. The van der Waals surface area contributed by atoms with Gasteiger partial charge in [0.1, 0.15) is 0 Å². The number of thiophene rings is 1. The lowest BCUT2D eigenvalue weighted by atomic mass is 10.1. The fourth-order valence-electron chi connectivity index (χ4n) is 2.22. The number of rotatable bonds is 1. The number of fused-ring (bicyclic) bond motifs is 1. The van der Waals surface area contributed by atoms with Gasteiger partial charge in [-0.2, -0.15) is 0 Å². The highest BCUT2D eigenvalue weighted by Crippen LogP contribution is 2.34. The molecule has 3 N–H and O–H groups in total. The minimum absolute atomic E-state index is 0.827. The maximum absolute atomic E-state index is 6.07. The minimum Gasteiger partial charge on any atom is -0.397 e. The van der Waals surface area contributed by atoms with Crippen LogP contribution in [0.2, 0.25) is 0 Å². The second-order valence-corrected chi connectivity index (χ2v) is 5.60. The Labute approximate surface area is 110 Å². The lowest BCUT2D eigenvalue weighted by Gasteiger charge is -1.96. The van der Waals surface area contributed by atoms with Gasteiger partial charge >= 0.3 is 0 Å². The monoisotopic (exact) mass is 257 g/mol. The number of imidazole rings is 1. The van der Waals surface area contributed by atoms with E-state index >= 15 is 0 Å². The fourth-order valence-corrected chi connectivity index (χ4v) is 3.13. The molecule has 3 nitrogen and oxygen atoms in total. The molecule has 3 aromatic rings. The van der Waals surface area contributed by atoms with Crippen molar-refractivity contribution in [1.29, 1.82) is 0 Å². The summed E-state index contributed by atoms with van der Waals surface area (Å²) in [5.74, 6) is 0.870. The van der Waals surface area contributed by atoms with E-state index in [4.69, 9.17) is 5.73 Å². The van der Waals surface area contributed by atoms with Crippen molar-refractivity contribution >= 4 is 28.1 Å². The topological polar surface area (TPSA) is 54.7 Å². The van der Waals surface area contributed by atoms with E-state index in [-0.39, 0.29) is 0 Å². The molecule has 4 heteroatoms. The van der Waals surface area contributed by atoms with E-state index in [0.717, 1.165) is 33.0 Å². The molecule has 0 spiro atoms. The predicted octanol–water partition coefficient (Wildman–Crippen LogP) is 3.80. The van der Waals surface area contributed by atoms with Crippen molar-refractivity contribution in [2.24, 2.45) is 0 Å². The molecule has 18 heavy (non-hydrogen) atoms. The Balaban J connectivity index is 2.25. The van der Waals surface area contributed by atoms with E-state index < -0.39 is 0 Å². The second kappa shape index (κ2) is 3.85. The Bertz CT molecular complexity index is 737. The van der Waals surface area contributed by atoms with E-state index in [2.05, 4.69) is 41.3 Å². The third-order valence-electron chi connectivity index (χ3n) is 3.16. The summed E-state index contributed by atoms with van der Waals surface area (Å²) in [4.78, 5) is 9.07. The first-order valence-corrected chi connectivity index (χ1v) is 6.75. The summed E-state index contributed by atoms with van der Waals surface area (Å²) in [5, 5.41) is 2.07. The molecule has 3 rings (SSSR count). The van der Waals surface area contributed by atoms with Gasteiger partial charge in [0.25, 0.3) is 0 Å². The normalized spacial score (nSPS) is 11.3.